The Bertz CT molecular complexity index is 651. The quantitative estimate of drug-likeness (QED) is 0.808. The molecule has 2 aromatic carbocycles. The Balaban J connectivity index is 1.87. The highest BCUT2D eigenvalue weighted by Crippen LogP contribution is 2.35. The van der Waals surface area contributed by atoms with E-state index in [0.717, 1.165) is 5.56 Å². The van der Waals surface area contributed by atoms with Gasteiger partial charge in [0.05, 0.1) is 11.6 Å². The summed E-state index contributed by atoms with van der Waals surface area (Å²) < 4.78 is 0. The zero-order chi connectivity index (χ0) is 14.8. The molecule has 1 aliphatic rings. The summed E-state index contributed by atoms with van der Waals surface area (Å²) in [6, 6.07) is 19.0. The van der Waals surface area contributed by atoms with Crippen LogP contribution >= 0.6 is 0 Å². The third-order valence-electron chi connectivity index (χ3n) is 4.12. The van der Waals surface area contributed by atoms with E-state index in [1.165, 1.54) is 4.90 Å². The van der Waals surface area contributed by atoms with Crippen LogP contribution in [0.3, 0.4) is 0 Å². The number of carbonyl (C=O) groups is 2. The first-order valence-electron chi connectivity index (χ1n) is 7.15. The van der Waals surface area contributed by atoms with Crippen molar-refractivity contribution < 1.29 is 9.59 Å². The summed E-state index contributed by atoms with van der Waals surface area (Å²) in [6.45, 7) is 2.01. The third-order valence-corrected chi connectivity index (χ3v) is 4.12. The number of hydrogen-bond donors (Lipinski definition) is 0. The maximum absolute atomic E-state index is 12.6. The predicted molar refractivity (Wildman–Crippen MR) is 81.9 cm³/mol. The van der Waals surface area contributed by atoms with E-state index in [-0.39, 0.29) is 30.1 Å². The summed E-state index contributed by atoms with van der Waals surface area (Å²) in [4.78, 5) is 26.2. The summed E-state index contributed by atoms with van der Waals surface area (Å²) in [5, 5.41) is 0. The molecule has 2 aromatic rings. The van der Waals surface area contributed by atoms with Crippen molar-refractivity contribution >= 4 is 17.5 Å². The number of imide groups is 1. The van der Waals surface area contributed by atoms with Crippen molar-refractivity contribution in [1.82, 2.24) is 0 Å². The molecule has 1 saturated heterocycles. The highest BCUT2D eigenvalue weighted by Gasteiger charge is 2.42. The summed E-state index contributed by atoms with van der Waals surface area (Å²) in [6.07, 6.45) is 0.282. The lowest BCUT2D eigenvalue weighted by molar-refractivity contribution is -0.122. The van der Waals surface area contributed by atoms with Gasteiger partial charge in [-0.15, -0.1) is 0 Å². The van der Waals surface area contributed by atoms with Gasteiger partial charge in [-0.3, -0.25) is 14.5 Å². The average molecular weight is 279 g/mol. The molecule has 2 amide bonds. The number of rotatable bonds is 3. The van der Waals surface area contributed by atoms with Gasteiger partial charge in [0.25, 0.3) is 0 Å². The number of nitrogens with zero attached hydrogens (tertiary/aromatic N) is 1. The lowest BCUT2D eigenvalue weighted by atomic mass is 9.86. The molecule has 1 heterocycles. The second kappa shape index (κ2) is 5.52. The summed E-state index contributed by atoms with van der Waals surface area (Å²) >= 11 is 0. The highest BCUT2D eigenvalue weighted by atomic mass is 16.2. The molecular weight excluding hydrogens is 262 g/mol. The number of hydrogen-bond acceptors (Lipinski definition) is 2. The zero-order valence-corrected chi connectivity index (χ0v) is 11.9. The Labute approximate surface area is 124 Å². The van der Waals surface area contributed by atoms with Crippen LogP contribution in [-0.4, -0.2) is 11.8 Å². The van der Waals surface area contributed by atoms with Gasteiger partial charge in [-0.05, 0) is 23.6 Å². The number of carbonyl (C=O) groups excluding carboxylic acids is 2. The fourth-order valence-corrected chi connectivity index (χ4v) is 2.88. The zero-order valence-electron chi connectivity index (χ0n) is 11.9. The molecule has 0 N–H and O–H groups in total. The van der Waals surface area contributed by atoms with Crippen LogP contribution in [0.2, 0.25) is 0 Å². The van der Waals surface area contributed by atoms with Crippen molar-refractivity contribution in [2.75, 3.05) is 4.90 Å². The maximum atomic E-state index is 12.6. The molecular formula is C18H17NO2. The van der Waals surface area contributed by atoms with Crippen LogP contribution < -0.4 is 4.90 Å². The van der Waals surface area contributed by atoms with Gasteiger partial charge < -0.3 is 0 Å². The summed E-state index contributed by atoms with van der Waals surface area (Å²) in [5.74, 6) is -0.446. The molecule has 0 bridgehead atoms. The summed E-state index contributed by atoms with van der Waals surface area (Å²) in [7, 11) is 0. The Hall–Kier alpha value is -2.42. The van der Waals surface area contributed by atoms with Crippen LogP contribution in [0.5, 0.6) is 0 Å². The van der Waals surface area contributed by atoms with E-state index in [9.17, 15) is 9.59 Å². The van der Waals surface area contributed by atoms with Gasteiger partial charge in [0.15, 0.2) is 0 Å². The lowest BCUT2D eigenvalue weighted by Gasteiger charge is -2.19. The molecule has 106 valence electrons. The van der Waals surface area contributed by atoms with Gasteiger partial charge in [-0.2, -0.15) is 0 Å². The molecule has 0 unspecified atom stereocenters. The topological polar surface area (TPSA) is 37.4 Å². The van der Waals surface area contributed by atoms with Gasteiger partial charge in [-0.25, -0.2) is 0 Å². The monoisotopic (exact) mass is 279 g/mol. The minimum atomic E-state index is -0.278. The van der Waals surface area contributed by atoms with E-state index in [4.69, 9.17) is 0 Å². The van der Waals surface area contributed by atoms with Gasteiger partial charge in [0.1, 0.15) is 0 Å². The Morgan fingerprint density at radius 3 is 2.14 bits per heavy atom. The van der Waals surface area contributed by atoms with Crippen molar-refractivity contribution in [1.29, 1.82) is 0 Å². The van der Waals surface area contributed by atoms with Crippen molar-refractivity contribution in [3.05, 3.63) is 66.2 Å². The first-order valence-corrected chi connectivity index (χ1v) is 7.15. The fraction of sp³-hybridized carbons (Fsp3) is 0.222. The summed E-state index contributed by atoms with van der Waals surface area (Å²) in [5.41, 5.74) is 1.76. The van der Waals surface area contributed by atoms with Crippen LogP contribution in [0.4, 0.5) is 5.69 Å². The van der Waals surface area contributed by atoms with Crippen LogP contribution in [0.25, 0.3) is 0 Å². The second-order valence-electron chi connectivity index (χ2n) is 5.41. The van der Waals surface area contributed by atoms with E-state index < -0.39 is 0 Å². The van der Waals surface area contributed by atoms with Crippen molar-refractivity contribution in [2.24, 2.45) is 5.92 Å². The molecule has 0 aliphatic carbocycles. The molecule has 0 saturated carbocycles. The molecule has 0 spiro atoms. The molecule has 3 nitrogen and oxygen atoms in total. The van der Waals surface area contributed by atoms with Crippen molar-refractivity contribution in [2.45, 2.75) is 19.3 Å². The van der Waals surface area contributed by atoms with Crippen molar-refractivity contribution in [3.63, 3.8) is 0 Å². The van der Waals surface area contributed by atoms with Crippen LogP contribution in [0.1, 0.15) is 24.8 Å². The minimum Gasteiger partial charge on any atom is -0.274 e. The fourth-order valence-electron chi connectivity index (χ4n) is 2.88. The molecule has 2 atom stereocenters. The lowest BCUT2D eigenvalue weighted by Crippen LogP contribution is -2.31. The van der Waals surface area contributed by atoms with Crippen LogP contribution in [-0.2, 0) is 9.59 Å². The standard InChI is InChI=1S/C18H17NO2/c1-13(14-8-4-2-5-9-14)16-12-17(20)19(18(16)21)15-10-6-3-7-11-15/h2-11,13,16H,12H2,1H3/t13-,16-/m0/s1. The first kappa shape index (κ1) is 13.6. The average Bonchev–Trinajstić information content (AvgIpc) is 2.83. The van der Waals surface area contributed by atoms with E-state index in [2.05, 4.69) is 0 Å². The number of para-hydroxylation sites is 1. The smallest absolute Gasteiger partial charge is 0.237 e. The normalized spacial score (nSPS) is 19.9. The second-order valence-corrected chi connectivity index (χ2v) is 5.41. The SMILES string of the molecule is C[C@@H](c1ccccc1)[C@@H]1CC(=O)N(c2ccccc2)C1=O. The van der Waals surface area contributed by atoms with Gasteiger partial charge in [-0.1, -0.05) is 55.5 Å². The number of anilines is 1. The van der Waals surface area contributed by atoms with Gasteiger partial charge in [0.2, 0.25) is 11.8 Å². The third kappa shape index (κ3) is 2.47. The molecule has 0 radical (unpaired) electrons. The molecule has 1 aliphatic heterocycles. The number of amides is 2. The Kier molecular flexibility index (Phi) is 3.57. The van der Waals surface area contributed by atoms with E-state index >= 15 is 0 Å². The van der Waals surface area contributed by atoms with E-state index in [1.54, 1.807) is 12.1 Å². The maximum Gasteiger partial charge on any atom is 0.237 e. The van der Waals surface area contributed by atoms with E-state index in [0.29, 0.717) is 5.69 Å². The van der Waals surface area contributed by atoms with Crippen LogP contribution in [0, 0.1) is 5.92 Å². The Morgan fingerprint density at radius 2 is 1.52 bits per heavy atom. The number of benzene rings is 2. The highest BCUT2D eigenvalue weighted by molar-refractivity contribution is 6.21. The van der Waals surface area contributed by atoms with E-state index in [1.807, 2.05) is 55.5 Å². The molecule has 3 heteroatoms. The Morgan fingerprint density at radius 1 is 0.952 bits per heavy atom. The van der Waals surface area contributed by atoms with Gasteiger partial charge >= 0.3 is 0 Å². The van der Waals surface area contributed by atoms with Crippen LogP contribution in [0.15, 0.2) is 60.7 Å². The molecule has 1 fully saturated rings. The molecule has 21 heavy (non-hydrogen) atoms. The molecule has 3 rings (SSSR count). The molecule has 0 aromatic heterocycles. The van der Waals surface area contributed by atoms with Gasteiger partial charge in [0, 0.05) is 6.42 Å². The largest absolute Gasteiger partial charge is 0.274 e. The minimum absolute atomic E-state index is 0.0383. The predicted octanol–water partition coefficient (Wildman–Crippen LogP) is 3.37. The van der Waals surface area contributed by atoms with Crippen molar-refractivity contribution in [3.8, 4) is 0 Å². The first-order chi connectivity index (χ1) is 10.2.